The van der Waals surface area contributed by atoms with Crippen molar-refractivity contribution in [3.63, 3.8) is 0 Å². The Hall–Kier alpha value is -1.08. The van der Waals surface area contributed by atoms with Gasteiger partial charge in [-0.15, -0.1) is 0 Å². The highest BCUT2D eigenvalue weighted by molar-refractivity contribution is 7.41. The fourth-order valence-corrected chi connectivity index (χ4v) is 1.02. The van der Waals surface area contributed by atoms with Gasteiger partial charge in [-0.3, -0.25) is 4.79 Å². The molecule has 1 atom stereocenters. The van der Waals surface area contributed by atoms with Gasteiger partial charge in [0.25, 0.3) is 0 Å². The van der Waals surface area contributed by atoms with Gasteiger partial charge in [0.05, 0.1) is 7.11 Å². The van der Waals surface area contributed by atoms with Crippen LogP contribution in [0.15, 0.2) is 18.2 Å². The normalized spacial score (nSPS) is 9.50. The molecule has 0 saturated carbocycles. The summed E-state index contributed by atoms with van der Waals surface area (Å²) in [5.74, 6) is 0.343. The molecule has 4 heteroatoms. The number of hydrogen-bond donors (Lipinski definition) is 1. The number of carbonyl (C=O) groups is 1. The van der Waals surface area contributed by atoms with Gasteiger partial charge < -0.3 is 9.84 Å². The summed E-state index contributed by atoms with van der Waals surface area (Å²) in [6, 6.07) is 4.51. The van der Waals surface area contributed by atoms with E-state index in [0.717, 1.165) is 0 Å². The molecule has 64 valence electrons. The van der Waals surface area contributed by atoms with Gasteiger partial charge in [0.1, 0.15) is 0 Å². The van der Waals surface area contributed by atoms with Crippen molar-refractivity contribution in [2.75, 3.05) is 7.11 Å². The Bertz CT molecular complexity index is 309. The Labute approximate surface area is 72.6 Å². The van der Waals surface area contributed by atoms with E-state index in [4.69, 9.17) is 4.74 Å². The van der Waals surface area contributed by atoms with E-state index in [0.29, 0.717) is 11.3 Å². The minimum Gasteiger partial charge on any atom is -0.504 e. The maximum absolute atomic E-state index is 10.8. The van der Waals surface area contributed by atoms with Gasteiger partial charge in [-0.1, -0.05) is 9.24 Å². The Morgan fingerprint density at radius 3 is 2.67 bits per heavy atom. The smallest absolute Gasteiger partial charge is 0.178 e. The molecule has 1 N–H and O–H groups in total. The molecule has 1 rings (SSSR count). The summed E-state index contributed by atoms with van der Waals surface area (Å²) in [6.45, 7) is 0. The van der Waals surface area contributed by atoms with E-state index >= 15 is 0 Å². The van der Waals surface area contributed by atoms with Gasteiger partial charge in [-0.2, -0.15) is 0 Å². The second-order valence-electron chi connectivity index (χ2n) is 2.25. The molecule has 0 amide bonds. The lowest BCUT2D eigenvalue weighted by molar-refractivity contribution is 0.108. The van der Waals surface area contributed by atoms with Gasteiger partial charge in [0.2, 0.25) is 0 Å². The number of methoxy groups -OCH3 is 1. The lowest BCUT2D eigenvalue weighted by Crippen LogP contribution is -1.89. The van der Waals surface area contributed by atoms with Crippen molar-refractivity contribution in [1.82, 2.24) is 0 Å². The SMILES string of the molecule is COc1ccc(C(=O)P)cc1O. The van der Waals surface area contributed by atoms with E-state index in [2.05, 4.69) is 0 Å². The van der Waals surface area contributed by atoms with Crippen LogP contribution in [0, 0.1) is 0 Å². The lowest BCUT2D eigenvalue weighted by Gasteiger charge is -2.03. The van der Waals surface area contributed by atoms with Crippen molar-refractivity contribution >= 4 is 14.8 Å². The number of ether oxygens (including phenoxy) is 1. The first kappa shape index (κ1) is 9.01. The first-order chi connectivity index (χ1) is 5.65. The number of rotatable bonds is 2. The monoisotopic (exact) mass is 184 g/mol. The summed E-state index contributed by atoms with van der Waals surface area (Å²) in [4.78, 5) is 10.8. The van der Waals surface area contributed by atoms with Gasteiger partial charge in [0, 0.05) is 5.56 Å². The van der Waals surface area contributed by atoms with Crippen LogP contribution in [0.2, 0.25) is 0 Å². The zero-order valence-corrected chi connectivity index (χ0v) is 7.73. The fraction of sp³-hybridized carbons (Fsp3) is 0.125. The van der Waals surface area contributed by atoms with Crippen LogP contribution in [0.1, 0.15) is 10.4 Å². The molecule has 0 radical (unpaired) electrons. The summed E-state index contributed by atoms with van der Waals surface area (Å²) >= 11 is 0. The maximum atomic E-state index is 10.8. The summed E-state index contributed by atoms with van der Waals surface area (Å²) in [7, 11) is 3.49. The van der Waals surface area contributed by atoms with E-state index in [1.807, 2.05) is 9.24 Å². The number of benzene rings is 1. The highest BCUT2D eigenvalue weighted by Gasteiger charge is 2.04. The van der Waals surface area contributed by atoms with E-state index < -0.39 is 0 Å². The van der Waals surface area contributed by atoms with E-state index in [1.165, 1.54) is 13.2 Å². The minimum absolute atomic E-state index is 0.0224. The third-order valence-corrected chi connectivity index (χ3v) is 1.80. The molecule has 0 saturated heterocycles. The highest BCUT2D eigenvalue weighted by Crippen LogP contribution is 2.26. The van der Waals surface area contributed by atoms with Gasteiger partial charge >= 0.3 is 0 Å². The molecule has 3 nitrogen and oxygen atoms in total. The topological polar surface area (TPSA) is 46.5 Å². The second kappa shape index (κ2) is 3.55. The molecule has 0 aliphatic heterocycles. The number of aromatic hydroxyl groups is 1. The average molecular weight is 184 g/mol. The molecule has 1 aromatic rings. The molecule has 12 heavy (non-hydrogen) atoms. The standard InChI is InChI=1S/C8H9O3P/c1-11-7-3-2-5(8(10)12)4-6(7)9/h2-4,9H,12H2,1H3. The molecule has 0 aromatic heterocycles. The molecular formula is C8H9O3P. The van der Waals surface area contributed by atoms with Crippen LogP contribution in [0.25, 0.3) is 0 Å². The van der Waals surface area contributed by atoms with Crippen LogP contribution < -0.4 is 4.74 Å². The van der Waals surface area contributed by atoms with Crippen LogP contribution in [0.3, 0.4) is 0 Å². The molecule has 0 fully saturated rings. The fourth-order valence-electron chi connectivity index (χ4n) is 0.843. The largest absolute Gasteiger partial charge is 0.504 e. The minimum atomic E-state index is -0.159. The van der Waals surface area contributed by atoms with E-state index in [9.17, 15) is 9.90 Å². The van der Waals surface area contributed by atoms with Crippen LogP contribution in [0.5, 0.6) is 11.5 Å². The van der Waals surface area contributed by atoms with Crippen LogP contribution in [0.4, 0.5) is 0 Å². The molecule has 0 aliphatic rings. The predicted octanol–water partition coefficient (Wildman–Crippen LogP) is 1.42. The molecule has 0 aliphatic carbocycles. The van der Waals surface area contributed by atoms with Crippen molar-refractivity contribution in [3.8, 4) is 11.5 Å². The summed E-state index contributed by atoms with van der Waals surface area (Å²) in [6.07, 6.45) is 0. The van der Waals surface area contributed by atoms with Crippen molar-refractivity contribution in [2.45, 2.75) is 0 Å². The first-order valence-corrected chi connectivity index (χ1v) is 3.89. The van der Waals surface area contributed by atoms with Crippen molar-refractivity contribution in [3.05, 3.63) is 23.8 Å². The van der Waals surface area contributed by atoms with Crippen molar-refractivity contribution in [2.24, 2.45) is 0 Å². The Kier molecular flexibility index (Phi) is 2.66. The van der Waals surface area contributed by atoms with Crippen molar-refractivity contribution in [1.29, 1.82) is 0 Å². The number of phenols is 1. The third kappa shape index (κ3) is 1.74. The second-order valence-corrected chi connectivity index (χ2v) is 2.78. The quantitative estimate of drug-likeness (QED) is 0.707. The predicted molar refractivity (Wildman–Crippen MR) is 48.7 cm³/mol. The molecule has 0 bridgehead atoms. The van der Waals surface area contributed by atoms with Crippen LogP contribution in [-0.2, 0) is 0 Å². The van der Waals surface area contributed by atoms with Crippen LogP contribution in [-0.4, -0.2) is 17.7 Å². The molecule has 0 spiro atoms. The zero-order valence-electron chi connectivity index (χ0n) is 6.57. The Balaban J connectivity index is 3.10. The number of carbonyl (C=O) groups excluding carboxylic acids is 1. The summed E-state index contributed by atoms with van der Waals surface area (Å²) in [5, 5.41) is 9.25. The third-order valence-electron chi connectivity index (χ3n) is 1.46. The van der Waals surface area contributed by atoms with Gasteiger partial charge in [0.15, 0.2) is 17.0 Å². The molecule has 0 heterocycles. The lowest BCUT2D eigenvalue weighted by atomic mass is 10.2. The maximum Gasteiger partial charge on any atom is 0.178 e. The number of phenolic OH excluding ortho intramolecular Hbond substituents is 1. The van der Waals surface area contributed by atoms with Gasteiger partial charge in [-0.05, 0) is 18.2 Å². The zero-order chi connectivity index (χ0) is 9.14. The van der Waals surface area contributed by atoms with Gasteiger partial charge in [-0.25, -0.2) is 0 Å². The average Bonchev–Trinajstić information content (AvgIpc) is 2.04. The van der Waals surface area contributed by atoms with E-state index in [1.54, 1.807) is 12.1 Å². The summed E-state index contributed by atoms with van der Waals surface area (Å²) in [5.41, 5.74) is 0.284. The first-order valence-electron chi connectivity index (χ1n) is 3.32. The Morgan fingerprint density at radius 1 is 1.58 bits per heavy atom. The van der Waals surface area contributed by atoms with Crippen molar-refractivity contribution < 1.29 is 14.6 Å². The Morgan fingerprint density at radius 2 is 2.25 bits per heavy atom. The van der Waals surface area contributed by atoms with Crippen LogP contribution >= 0.6 is 9.24 Å². The molecular weight excluding hydrogens is 175 g/mol. The molecule has 1 aromatic carbocycles. The number of hydrogen-bond acceptors (Lipinski definition) is 3. The highest BCUT2D eigenvalue weighted by atomic mass is 31.0. The summed E-state index contributed by atoms with van der Waals surface area (Å²) < 4.78 is 4.81. The van der Waals surface area contributed by atoms with E-state index in [-0.39, 0.29) is 11.3 Å². The molecule has 1 unspecified atom stereocenters.